The van der Waals surface area contributed by atoms with Crippen LogP contribution in [0.25, 0.3) is 16.6 Å². The van der Waals surface area contributed by atoms with Crippen molar-refractivity contribution in [3.8, 4) is 0 Å². The average Bonchev–Trinajstić information content (AvgIpc) is 2.44. The fourth-order valence-electron chi connectivity index (χ4n) is 2.03. The van der Waals surface area contributed by atoms with Crippen LogP contribution in [0.2, 0.25) is 5.02 Å². The van der Waals surface area contributed by atoms with Crippen molar-refractivity contribution in [1.29, 1.82) is 0 Å². The van der Waals surface area contributed by atoms with Crippen molar-refractivity contribution in [2.24, 2.45) is 4.99 Å². The lowest BCUT2D eigenvalue weighted by atomic mass is 10.1. The minimum Gasteiger partial charge on any atom is -0.259 e. The number of nitrogens with zero attached hydrogens (tertiary/aromatic N) is 2. The van der Waals surface area contributed by atoms with Crippen LogP contribution < -0.4 is 0 Å². The second kappa shape index (κ2) is 6.14. The summed E-state index contributed by atoms with van der Waals surface area (Å²) in [4.78, 5) is 8.90. The maximum atomic E-state index is 13.9. The Kier molecular flexibility index (Phi) is 4.50. The quantitative estimate of drug-likeness (QED) is 0.715. The molecule has 0 aliphatic heterocycles. The Balaban J connectivity index is 2.73. The van der Waals surface area contributed by atoms with Crippen LogP contribution >= 0.6 is 11.6 Å². The van der Waals surface area contributed by atoms with Gasteiger partial charge in [0, 0.05) is 6.21 Å². The van der Waals surface area contributed by atoms with Gasteiger partial charge in [0.15, 0.2) is 0 Å². The first-order valence-corrected chi connectivity index (χ1v) is 6.91. The Bertz CT molecular complexity index is 705. The molecule has 0 aliphatic rings. The zero-order valence-corrected chi connectivity index (χ0v) is 12.5. The van der Waals surface area contributed by atoms with E-state index in [1.165, 1.54) is 6.07 Å². The number of rotatable bonds is 3. The maximum Gasteiger partial charge on any atom is 0.134 e. The minimum atomic E-state index is -0.353. The molecule has 1 aromatic heterocycles. The molecule has 0 radical (unpaired) electrons. The zero-order valence-electron chi connectivity index (χ0n) is 11.7. The van der Waals surface area contributed by atoms with E-state index in [2.05, 4.69) is 9.98 Å². The summed E-state index contributed by atoms with van der Waals surface area (Å²) >= 11 is 6.31. The molecule has 1 aromatic carbocycles. The predicted molar refractivity (Wildman–Crippen MR) is 83.9 cm³/mol. The summed E-state index contributed by atoms with van der Waals surface area (Å²) in [5.74, 6) is -0.353. The van der Waals surface area contributed by atoms with Crippen molar-refractivity contribution in [1.82, 2.24) is 4.98 Å². The SMILES string of the molecule is CC=C(N=CCC)c1nc2cccc(F)c2c(Cl)c1C. The first kappa shape index (κ1) is 14.7. The summed E-state index contributed by atoms with van der Waals surface area (Å²) in [5.41, 5.74) is 2.73. The van der Waals surface area contributed by atoms with E-state index in [1.807, 2.05) is 33.1 Å². The summed E-state index contributed by atoms with van der Waals surface area (Å²) in [6.45, 7) is 5.74. The highest BCUT2D eigenvalue weighted by Crippen LogP contribution is 2.32. The minimum absolute atomic E-state index is 0.353. The molecule has 4 heteroatoms. The summed E-state index contributed by atoms with van der Waals surface area (Å²) in [6.07, 6.45) is 4.54. The molecule has 2 rings (SSSR count). The third-order valence-electron chi connectivity index (χ3n) is 3.06. The van der Waals surface area contributed by atoms with Crippen molar-refractivity contribution in [3.05, 3.63) is 46.4 Å². The molecule has 0 saturated heterocycles. The average molecular weight is 291 g/mol. The first-order valence-electron chi connectivity index (χ1n) is 6.53. The number of pyridine rings is 1. The van der Waals surface area contributed by atoms with Crippen LogP contribution in [0.3, 0.4) is 0 Å². The third kappa shape index (κ3) is 2.59. The Hall–Kier alpha value is -1.74. The van der Waals surface area contributed by atoms with Crippen molar-refractivity contribution >= 4 is 34.4 Å². The van der Waals surface area contributed by atoms with Gasteiger partial charge in [-0.15, -0.1) is 0 Å². The highest BCUT2D eigenvalue weighted by atomic mass is 35.5. The molecule has 20 heavy (non-hydrogen) atoms. The Morgan fingerprint density at radius 3 is 2.85 bits per heavy atom. The second-order valence-electron chi connectivity index (χ2n) is 4.43. The van der Waals surface area contributed by atoms with E-state index in [0.29, 0.717) is 21.6 Å². The molecule has 2 aromatic rings. The first-order chi connectivity index (χ1) is 9.60. The molecule has 0 N–H and O–H groups in total. The molecule has 1 heterocycles. The van der Waals surface area contributed by atoms with E-state index < -0.39 is 0 Å². The van der Waals surface area contributed by atoms with Gasteiger partial charge in [0.25, 0.3) is 0 Å². The van der Waals surface area contributed by atoms with Crippen molar-refractivity contribution < 1.29 is 4.39 Å². The second-order valence-corrected chi connectivity index (χ2v) is 4.81. The Labute approximate surface area is 123 Å². The van der Waals surface area contributed by atoms with Crippen LogP contribution in [0, 0.1) is 12.7 Å². The lowest BCUT2D eigenvalue weighted by Gasteiger charge is -2.11. The van der Waals surface area contributed by atoms with E-state index in [1.54, 1.807) is 12.1 Å². The normalized spacial score (nSPS) is 12.6. The number of hydrogen-bond acceptors (Lipinski definition) is 2. The van der Waals surface area contributed by atoms with Gasteiger partial charge in [0.2, 0.25) is 0 Å². The van der Waals surface area contributed by atoms with Crippen LogP contribution in [0.4, 0.5) is 4.39 Å². The van der Waals surface area contributed by atoms with E-state index >= 15 is 0 Å². The summed E-state index contributed by atoms with van der Waals surface area (Å²) in [6, 6.07) is 4.77. The van der Waals surface area contributed by atoms with Gasteiger partial charge in [-0.25, -0.2) is 9.37 Å². The largest absolute Gasteiger partial charge is 0.259 e. The molecule has 0 saturated carbocycles. The van der Waals surface area contributed by atoms with Crippen LogP contribution in [-0.2, 0) is 0 Å². The highest BCUT2D eigenvalue weighted by molar-refractivity contribution is 6.36. The molecule has 0 aliphatic carbocycles. The van der Waals surface area contributed by atoms with Gasteiger partial charge in [0.05, 0.1) is 27.3 Å². The summed E-state index contributed by atoms with van der Waals surface area (Å²) in [5, 5.41) is 0.763. The lowest BCUT2D eigenvalue weighted by Crippen LogP contribution is -1.97. The molecule has 0 spiro atoms. The van der Waals surface area contributed by atoms with Gasteiger partial charge in [0.1, 0.15) is 5.82 Å². The predicted octanol–water partition coefficient (Wildman–Crippen LogP) is 5.18. The number of allylic oxidation sites excluding steroid dienone is 1. The Morgan fingerprint density at radius 1 is 1.45 bits per heavy atom. The number of aromatic nitrogens is 1. The fourth-order valence-corrected chi connectivity index (χ4v) is 2.31. The van der Waals surface area contributed by atoms with Gasteiger partial charge in [-0.2, -0.15) is 0 Å². The molecule has 104 valence electrons. The third-order valence-corrected chi connectivity index (χ3v) is 3.53. The van der Waals surface area contributed by atoms with E-state index in [-0.39, 0.29) is 5.82 Å². The number of aliphatic imine (C=N–C) groups is 1. The van der Waals surface area contributed by atoms with E-state index in [4.69, 9.17) is 11.6 Å². The fraction of sp³-hybridized carbons (Fsp3) is 0.250. The van der Waals surface area contributed by atoms with E-state index in [0.717, 1.165) is 17.7 Å². The summed E-state index contributed by atoms with van der Waals surface area (Å²) in [7, 11) is 0. The van der Waals surface area contributed by atoms with Gasteiger partial charge in [-0.05, 0) is 38.0 Å². The highest BCUT2D eigenvalue weighted by Gasteiger charge is 2.15. The molecule has 0 bridgehead atoms. The van der Waals surface area contributed by atoms with Crippen molar-refractivity contribution in [2.45, 2.75) is 27.2 Å². The zero-order chi connectivity index (χ0) is 14.7. The molecule has 0 fully saturated rings. The van der Waals surface area contributed by atoms with Crippen molar-refractivity contribution in [2.75, 3.05) is 0 Å². The molecular weight excluding hydrogens is 275 g/mol. The number of benzene rings is 1. The standard InChI is InChI=1S/C16H16ClFN2/c1-4-9-19-12(5-2)16-10(3)15(17)14-11(18)7-6-8-13(14)20-16/h5-9H,4H2,1-3H3. The molecule has 0 atom stereocenters. The van der Waals surface area contributed by atoms with Gasteiger partial charge < -0.3 is 0 Å². The van der Waals surface area contributed by atoms with Crippen molar-refractivity contribution in [3.63, 3.8) is 0 Å². The van der Waals surface area contributed by atoms with Gasteiger partial charge in [-0.1, -0.05) is 30.7 Å². The summed E-state index contributed by atoms with van der Waals surface area (Å²) < 4.78 is 13.9. The van der Waals surface area contributed by atoms with Crippen LogP contribution in [0.1, 0.15) is 31.5 Å². The Morgan fingerprint density at radius 2 is 2.20 bits per heavy atom. The van der Waals surface area contributed by atoms with Gasteiger partial charge in [-0.3, -0.25) is 4.99 Å². The smallest absolute Gasteiger partial charge is 0.134 e. The molecule has 2 nitrogen and oxygen atoms in total. The molecule has 0 amide bonds. The van der Waals surface area contributed by atoms with Gasteiger partial charge >= 0.3 is 0 Å². The maximum absolute atomic E-state index is 13.9. The number of hydrogen-bond donors (Lipinski definition) is 0. The molecule has 0 unspecified atom stereocenters. The lowest BCUT2D eigenvalue weighted by molar-refractivity contribution is 0.639. The number of halogens is 2. The number of fused-ring (bicyclic) bond motifs is 1. The topological polar surface area (TPSA) is 25.2 Å². The molecular formula is C16H16ClFN2. The van der Waals surface area contributed by atoms with Crippen LogP contribution in [0.5, 0.6) is 0 Å². The monoisotopic (exact) mass is 290 g/mol. The van der Waals surface area contributed by atoms with Crippen LogP contribution in [-0.4, -0.2) is 11.2 Å². The van der Waals surface area contributed by atoms with Crippen LogP contribution in [0.15, 0.2) is 29.3 Å². The van der Waals surface area contributed by atoms with E-state index in [9.17, 15) is 4.39 Å².